The molecule has 0 radical (unpaired) electrons. The van der Waals surface area contributed by atoms with E-state index < -0.39 is 56.4 Å². The van der Waals surface area contributed by atoms with Crippen LogP contribution in [0.25, 0.3) is 0 Å². The Bertz CT molecular complexity index is 556. The summed E-state index contributed by atoms with van der Waals surface area (Å²) in [6.07, 6.45) is -2.51. The summed E-state index contributed by atoms with van der Waals surface area (Å²) < 4.78 is 17.2. The Labute approximate surface area is 124 Å². The van der Waals surface area contributed by atoms with Crippen LogP contribution < -0.4 is 0 Å². The van der Waals surface area contributed by atoms with Crippen molar-refractivity contribution in [1.29, 1.82) is 0 Å². The summed E-state index contributed by atoms with van der Waals surface area (Å²) in [5.41, 5.74) is -0.416. The number of aliphatic hydroxyl groups is 3. The SMILES string of the molecule is O=C(O)C1=CC=CN(P(=O)(O)O)C1C1O[C@H](CO)[C@@H](O)[C@H]1O. The predicted molar refractivity (Wildman–Crippen MR) is 70.3 cm³/mol. The van der Waals surface area contributed by atoms with Crippen LogP contribution in [-0.4, -0.2) is 77.9 Å². The quantitative estimate of drug-likeness (QED) is 0.309. The molecular weight excluding hydrogens is 321 g/mol. The van der Waals surface area contributed by atoms with Gasteiger partial charge in [0.25, 0.3) is 0 Å². The lowest BCUT2D eigenvalue weighted by atomic mass is 9.94. The zero-order chi connectivity index (χ0) is 16.7. The molecule has 1 saturated heterocycles. The molecule has 0 amide bonds. The molecule has 2 aliphatic heterocycles. The summed E-state index contributed by atoms with van der Waals surface area (Å²) in [6.45, 7) is -0.640. The van der Waals surface area contributed by atoms with E-state index in [0.717, 1.165) is 18.4 Å². The smallest absolute Gasteiger partial charge is 0.430 e. The average Bonchev–Trinajstić information content (AvgIpc) is 2.73. The van der Waals surface area contributed by atoms with Gasteiger partial charge in [-0.25, -0.2) is 9.36 Å². The minimum Gasteiger partial charge on any atom is -0.478 e. The van der Waals surface area contributed by atoms with Crippen molar-refractivity contribution in [3.8, 4) is 0 Å². The molecule has 2 aliphatic rings. The second-order valence-corrected chi connectivity index (χ2v) is 6.40. The van der Waals surface area contributed by atoms with E-state index in [0.29, 0.717) is 4.67 Å². The third-order valence-corrected chi connectivity index (χ3v) is 4.54. The van der Waals surface area contributed by atoms with Gasteiger partial charge in [-0.1, -0.05) is 0 Å². The number of carbonyl (C=O) groups is 1. The highest BCUT2D eigenvalue weighted by atomic mass is 31.2. The molecule has 0 aromatic carbocycles. The van der Waals surface area contributed by atoms with Gasteiger partial charge in [0.2, 0.25) is 0 Å². The summed E-state index contributed by atoms with van der Waals surface area (Å²) in [5.74, 6) is -1.45. The van der Waals surface area contributed by atoms with E-state index in [2.05, 4.69) is 0 Å². The number of hydrogen-bond acceptors (Lipinski definition) is 6. The fraction of sp³-hybridized carbons (Fsp3) is 0.545. The van der Waals surface area contributed by atoms with Gasteiger partial charge in [0, 0.05) is 6.20 Å². The molecule has 2 heterocycles. The minimum absolute atomic E-state index is 0.416. The van der Waals surface area contributed by atoms with E-state index in [9.17, 15) is 34.5 Å². The molecule has 0 spiro atoms. The van der Waals surface area contributed by atoms with Gasteiger partial charge in [-0.3, -0.25) is 4.67 Å². The van der Waals surface area contributed by atoms with Crippen LogP contribution in [0.15, 0.2) is 23.9 Å². The van der Waals surface area contributed by atoms with Crippen LogP contribution in [0, 0.1) is 0 Å². The Morgan fingerprint density at radius 1 is 1.32 bits per heavy atom. The van der Waals surface area contributed by atoms with Gasteiger partial charge in [-0.05, 0) is 12.2 Å². The Kier molecular flexibility index (Phi) is 4.73. The summed E-state index contributed by atoms with van der Waals surface area (Å²) in [4.78, 5) is 30.0. The van der Waals surface area contributed by atoms with Crippen molar-refractivity contribution >= 4 is 13.7 Å². The number of carboxylic acids is 1. The van der Waals surface area contributed by atoms with E-state index in [-0.39, 0.29) is 0 Å². The predicted octanol–water partition coefficient (Wildman–Crippen LogP) is -2.23. The third-order valence-electron chi connectivity index (χ3n) is 3.56. The maximum absolute atomic E-state index is 11.6. The second kappa shape index (κ2) is 6.09. The van der Waals surface area contributed by atoms with Crippen LogP contribution in [0.4, 0.5) is 0 Å². The normalized spacial score (nSPS) is 35.6. The zero-order valence-corrected chi connectivity index (χ0v) is 12.0. The third kappa shape index (κ3) is 2.95. The Morgan fingerprint density at radius 3 is 2.41 bits per heavy atom. The van der Waals surface area contributed by atoms with Gasteiger partial charge in [-0.2, -0.15) is 0 Å². The standard InChI is InChI=1S/C11H16NO9P/c13-4-6-8(14)9(15)10(21-6)7-5(11(16)17)2-1-3-12(7)22(18,19)20/h1-3,6-10,13-15H,4H2,(H,16,17)(H2,18,19,20)/t6-,7?,8-,9-,10?/m1/s1. The number of allylic oxidation sites excluding steroid dienone is 2. The highest BCUT2D eigenvalue weighted by Crippen LogP contribution is 2.47. The van der Waals surface area contributed by atoms with Crippen molar-refractivity contribution in [3.05, 3.63) is 23.9 Å². The van der Waals surface area contributed by atoms with Crippen molar-refractivity contribution < 1.29 is 44.3 Å². The van der Waals surface area contributed by atoms with E-state index >= 15 is 0 Å². The molecule has 1 fully saturated rings. The summed E-state index contributed by atoms with van der Waals surface area (Å²) in [5, 5.41) is 38.0. The Morgan fingerprint density at radius 2 is 1.95 bits per heavy atom. The number of ether oxygens (including phenoxy) is 1. The van der Waals surface area contributed by atoms with E-state index in [4.69, 9.17) is 9.84 Å². The largest absolute Gasteiger partial charge is 0.478 e. The number of aliphatic hydroxyl groups excluding tert-OH is 3. The highest BCUT2D eigenvalue weighted by molar-refractivity contribution is 7.49. The first-order chi connectivity index (χ1) is 10.2. The maximum Gasteiger partial charge on any atom is 0.430 e. The summed E-state index contributed by atoms with van der Waals surface area (Å²) >= 11 is 0. The molecule has 22 heavy (non-hydrogen) atoms. The Hall–Kier alpha value is -1.26. The van der Waals surface area contributed by atoms with Crippen LogP contribution in [0.3, 0.4) is 0 Å². The zero-order valence-electron chi connectivity index (χ0n) is 11.1. The van der Waals surface area contributed by atoms with E-state index in [1.165, 1.54) is 0 Å². The van der Waals surface area contributed by atoms with Gasteiger partial charge in [0.15, 0.2) is 0 Å². The van der Waals surface area contributed by atoms with Crippen LogP contribution in [0.2, 0.25) is 0 Å². The molecule has 11 heteroatoms. The molecule has 0 aliphatic carbocycles. The van der Waals surface area contributed by atoms with Gasteiger partial charge in [-0.15, -0.1) is 0 Å². The molecule has 0 bridgehead atoms. The monoisotopic (exact) mass is 337 g/mol. The van der Waals surface area contributed by atoms with Crippen molar-refractivity contribution in [1.82, 2.24) is 4.67 Å². The molecule has 6 N–H and O–H groups in total. The van der Waals surface area contributed by atoms with Gasteiger partial charge in [0.05, 0.1) is 12.2 Å². The van der Waals surface area contributed by atoms with Crippen LogP contribution in [0.1, 0.15) is 0 Å². The lowest BCUT2D eigenvalue weighted by Crippen LogP contribution is -2.49. The first kappa shape index (κ1) is 17.1. The molecule has 0 aromatic rings. The first-order valence-corrected chi connectivity index (χ1v) is 7.83. The highest BCUT2D eigenvalue weighted by Gasteiger charge is 2.52. The van der Waals surface area contributed by atoms with Gasteiger partial charge in [0.1, 0.15) is 30.5 Å². The molecule has 5 atom stereocenters. The summed E-state index contributed by atoms with van der Waals surface area (Å²) in [7, 11) is -4.89. The topological polar surface area (TPSA) is 168 Å². The minimum atomic E-state index is -4.89. The van der Waals surface area contributed by atoms with Crippen molar-refractivity contribution in [2.45, 2.75) is 30.5 Å². The van der Waals surface area contributed by atoms with Crippen molar-refractivity contribution in [2.24, 2.45) is 0 Å². The molecule has 0 saturated carbocycles. The lowest BCUT2D eigenvalue weighted by molar-refractivity contribution is -0.134. The van der Waals surface area contributed by atoms with Gasteiger partial charge >= 0.3 is 13.7 Å². The number of hydrogen-bond donors (Lipinski definition) is 6. The van der Waals surface area contributed by atoms with Crippen molar-refractivity contribution in [3.63, 3.8) is 0 Å². The molecule has 124 valence electrons. The van der Waals surface area contributed by atoms with Crippen LogP contribution in [0.5, 0.6) is 0 Å². The number of carboxylic acid groups (broad SMARTS) is 1. The molecule has 0 aromatic heterocycles. The summed E-state index contributed by atoms with van der Waals surface area (Å²) in [6, 6.07) is -1.52. The molecule has 2 unspecified atom stereocenters. The molecule has 2 rings (SSSR count). The fourth-order valence-electron chi connectivity index (χ4n) is 2.53. The Balaban J connectivity index is 2.42. The maximum atomic E-state index is 11.6. The molecular formula is C11H16NO9P. The number of aliphatic carboxylic acids is 1. The van der Waals surface area contributed by atoms with E-state index in [1.54, 1.807) is 0 Å². The first-order valence-electron chi connectivity index (χ1n) is 6.27. The number of nitrogens with zero attached hydrogens (tertiary/aromatic N) is 1. The molecule has 10 nitrogen and oxygen atoms in total. The number of rotatable bonds is 4. The second-order valence-electron chi connectivity index (χ2n) is 4.91. The van der Waals surface area contributed by atoms with Crippen molar-refractivity contribution in [2.75, 3.05) is 6.61 Å². The van der Waals surface area contributed by atoms with E-state index in [1.807, 2.05) is 0 Å². The fourth-order valence-corrected chi connectivity index (χ4v) is 3.36. The van der Waals surface area contributed by atoms with Crippen LogP contribution >= 0.6 is 7.75 Å². The van der Waals surface area contributed by atoms with Gasteiger partial charge < -0.3 is 34.9 Å². The lowest BCUT2D eigenvalue weighted by Gasteiger charge is -2.37. The van der Waals surface area contributed by atoms with Crippen LogP contribution in [-0.2, 0) is 14.1 Å². The average molecular weight is 337 g/mol.